The molecule has 4 heteroatoms. The molecule has 0 atom stereocenters. The first-order valence-electron chi connectivity index (χ1n) is 11.1. The molecule has 0 amide bonds. The van der Waals surface area contributed by atoms with E-state index in [1.807, 2.05) is 5.20 Å². The second-order valence-corrected chi connectivity index (χ2v) is 21.6. The third-order valence-electron chi connectivity index (χ3n) is 7.86. The van der Waals surface area contributed by atoms with Crippen molar-refractivity contribution < 1.29 is 16.3 Å². The largest absolute Gasteiger partial charge is 0.147 e. The molecule has 0 aliphatic heterocycles. The van der Waals surface area contributed by atoms with Crippen LogP contribution in [0.3, 0.4) is 0 Å². The maximum absolute atomic E-state index is 3.59. The van der Waals surface area contributed by atoms with Gasteiger partial charge in [-0.15, -0.1) is 12.4 Å². The van der Waals surface area contributed by atoms with E-state index in [9.17, 15) is 0 Å². The Morgan fingerprint density at radius 2 is 1.26 bits per heavy atom. The van der Waals surface area contributed by atoms with Gasteiger partial charge in [0.25, 0.3) is 0 Å². The molecule has 3 rings (SSSR count). The van der Waals surface area contributed by atoms with E-state index >= 15 is 0 Å². The molecular formula is C23H41ClCrPSi. The fourth-order valence-electron chi connectivity index (χ4n) is 6.10. The fraction of sp³-hybridized carbons (Fsp3) is 0.826. The monoisotopic (exact) mass is 463 g/mol. The summed E-state index contributed by atoms with van der Waals surface area (Å²) in [6, 6.07) is 0. The van der Waals surface area contributed by atoms with Crippen LogP contribution in [0.5, 0.6) is 0 Å². The SMILES string of the molecule is CC1=C(C)C(C)(C)[C]([Cr])=C1[Si](C)(C)P(C1CCCCC1)C1CCCCC1.Cl. The van der Waals surface area contributed by atoms with Crippen molar-refractivity contribution in [1.29, 1.82) is 0 Å². The molecule has 3 aliphatic rings. The normalized spacial score (nSPS) is 25.3. The van der Waals surface area contributed by atoms with Crippen molar-refractivity contribution in [2.75, 3.05) is 0 Å². The van der Waals surface area contributed by atoms with Gasteiger partial charge in [-0.2, -0.15) is 0 Å². The molecule has 0 saturated heterocycles. The minimum Gasteiger partial charge on any atom is -0.147 e. The van der Waals surface area contributed by atoms with Crippen molar-refractivity contribution in [1.82, 2.24) is 0 Å². The van der Waals surface area contributed by atoms with E-state index in [0.717, 1.165) is 11.3 Å². The molecule has 2 saturated carbocycles. The Labute approximate surface area is 185 Å². The van der Waals surface area contributed by atoms with Crippen LogP contribution < -0.4 is 0 Å². The first-order valence-corrected chi connectivity index (χ1v) is 17.0. The Kier molecular flexibility index (Phi) is 8.43. The zero-order valence-electron chi connectivity index (χ0n) is 18.5. The topological polar surface area (TPSA) is 0 Å². The fourth-order valence-corrected chi connectivity index (χ4v) is 23.3. The zero-order valence-corrected chi connectivity index (χ0v) is 22.5. The molecule has 0 unspecified atom stereocenters. The molecule has 0 aromatic rings. The van der Waals surface area contributed by atoms with Gasteiger partial charge in [-0.05, 0) is 0 Å². The second-order valence-electron chi connectivity index (χ2n) is 10.1. The maximum atomic E-state index is 3.59. The third kappa shape index (κ3) is 4.52. The molecule has 0 spiro atoms. The van der Waals surface area contributed by atoms with Crippen LogP contribution in [0.15, 0.2) is 20.8 Å². The van der Waals surface area contributed by atoms with Crippen molar-refractivity contribution in [2.24, 2.45) is 5.41 Å². The van der Waals surface area contributed by atoms with Crippen LogP contribution in [-0.4, -0.2) is 19.1 Å². The first-order chi connectivity index (χ1) is 12.2. The molecular weight excluding hydrogens is 423 g/mol. The van der Waals surface area contributed by atoms with E-state index in [1.165, 1.54) is 38.5 Å². The third-order valence-corrected chi connectivity index (χ3v) is 21.8. The van der Waals surface area contributed by atoms with Crippen molar-refractivity contribution in [3.8, 4) is 0 Å². The number of hydrogen-bond donors (Lipinski definition) is 0. The van der Waals surface area contributed by atoms with Crippen molar-refractivity contribution >= 4 is 27.6 Å². The molecule has 0 aromatic heterocycles. The number of rotatable bonds is 4. The van der Waals surface area contributed by atoms with E-state index in [2.05, 4.69) is 57.1 Å². The van der Waals surface area contributed by atoms with Gasteiger partial charge < -0.3 is 0 Å². The van der Waals surface area contributed by atoms with Crippen LogP contribution in [0.4, 0.5) is 0 Å². The number of allylic oxidation sites excluding steroid dienone is 4. The van der Waals surface area contributed by atoms with Crippen LogP contribution in [0.2, 0.25) is 13.1 Å². The summed E-state index contributed by atoms with van der Waals surface area (Å²) < 4.78 is 1.61. The molecule has 0 bridgehead atoms. The molecule has 0 N–H and O–H groups in total. The van der Waals surface area contributed by atoms with Crippen molar-refractivity contribution in [2.45, 2.75) is 116 Å². The zero-order chi connectivity index (χ0) is 19.1. The van der Waals surface area contributed by atoms with Gasteiger partial charge >= 0.3 is 174 Å². The van der Waals surface area contributed by atoms with Gasteiger partial charge in [0, 0.05) is 0 Å². The second kappa shape index (κ2) is 9.39. The van der Waals surface area contributed by atoms with Crippen LogP contribution in [-0.2, 0) is 16.3 Å². The van der Waals surface area contributed by atoms with E-state index in [0.29, 0.717) is 0 Å². The summed E-state index contributed by atoms with van der Waals surface area (Å²) in [6.45, 7) is 15.3. The number of hydrogen-bond acceptors (Lipinski definition) is 0. The molecule has 0 aromatic carbocycles. The van der Waals surface area contributed by atoms with Crippen molar-refractivity contribution in [3.05, 3.63) is 20.8 Å². The van der Waals surface area contributed by atoms with Crippen LogP contribution >= 0.6 is 19.9 Å². The molecule has 2 fully saturated rings. The molecule has 3 aliphatic carbocycles. The first kappa shape index (κ1) is 24.2. The summed E-state index contributed by atoms with van der Waals surface area (Å²) in [7, 11) is -1.31. The van der Waals surface area contributed by atoms with E-state index < -0.39 is 7.74 Å². The molecule has 27 heavy (non-hydrogen) atoms. The molecule has 0 heterocycles. The van der Waals surface area contributed by atoms with E-state index in [1.54, 1.807) is 41.3 Å². The summed E-state index contributed by atoms with van der Waals surface area (Å²) >= 11 is 3.59. The Morgan fingerprint density at radius 3 is 1.59 bits per heavy atom. The van der Waals surface area contributed by atoms with Crippen LogP contribution in [0.1, 0.15) is 91.9 Å². The van der Waals surface area contributed by atoms with Gasteiger partial charge in [-0.3, -0.25) is 0 Å². The number of halogens is 1. The Bertz CT molecular complexity index is 577. The molecule has 0 nitrogen and oxygen atoms in total. The Balaban J connectivity index is 0.00000261. The van der Waals surface area contributed by atoms with Gasteiger partial charge in [0.1, 0.15) is 0 Å². The van der Waals surface area contributed by atoms with Crippen LogP contribution in [0.25, 0.3) is 0 Å². The smallest absolute Gasteiger partial charge is 0.147 e. The minimum atomic E-state index is -1.48. The summed E-state index contributed by atoms with van der Waals surface area (Å²) in [5.41, 5.74) is 5.67. The van der Waals surface area contributed by atoms with Gasteiger partial charge in [0.2, 0.25) is 0 Å². The summed E-state index contributed by atoms with van der Waals surface area (Å²) in [5.74, 6) is 0. The van der Waals surface area contributed by atoms with E-state index in [-0.39, 0.29) is 25.3 Å². The average Bonchev–Trinajstić information content (AvgIpc) is 2.77. The summed E-state index contributed by atoms with van der Waals surface area (Å²) in [5, 5.41) is 1.85. The van der Waals surface area contributed by atoms with Gasteiger partial charge in [-0.25, -0.2) is 0 Å². The van der Waals surface area contributed by atoms with Crippen molar-refractivity contribution in [3.63, 3.8) is 0 Å². The average molecular weight is 464 g/mol. The van der Waals surface area contributed by atoms with Gasteiger partial charge in [0.15, 0.2) is 0 Å². The standard InChI is InChI=1S/C23H40PSi.ClH.Cr/c1-18-19(2)23(3,4)17-22(18)25(5,6)24(20-13-9-7-10-14-20)21-15-11-8-12-16-21;;/h20-21H,7-16H2,1-6H3;1H;. The predicted octanol–water partition coefficient (Wildman–Crippen LogP) is 8.48. The van der Waals surface area contributed by atoms with Crippen LogP contribution in [0, 0.1) is 5.41 Å². The quantitative estimate of drug-likeness (QED) is 0.289. The van der Waals surface area contributed by atoms with Gasteiger partial charge in [-0.1, -0.05) is 0 Å². The van der Waals surface area contributed by atoms with E-state index in [4.69, 9.17) is 0 Å². The minimum absolute atomic E-state index is 0. The maximum Gasteiger partial charge on any atom is -0.147 e. The Morgan fingerprint density at radius 1 is 0.852 bits per heavy atom. The predicted molar refractivity (Wildman–Crippen MR) is 125 cm³/mol. The summed E-state index contributed by atoms with van der Waals surface area (Å²) in [6.07, 6.45) is 15.2. The molecule has 0 radical (unpaired) electrons. The summed E-state index contributed by atoms with van der Waals surface area (Å²) in [4.78, 5) is 0. The van der Waals surface area contributed by atoms with Gasteiger partial charge in [0.05, 0.1) is 0 Å². The molecule has 155 valence electrons. The Hall–Kier alpha value is 0.949.